The Kier molecular flexibility index (Phi) is 10.2. The van der Waals surface area contributed by atoms with Crippen molar-refractivity contribution in [3.63, 3.8) is 0 Å². The van der Waals surface area contributed by atoms with Crippen molar-refractivity contribution in [2.24, 2.45) is 5.92 Å². The van der Waals surface area contributed by atoms with Crippen LogP contribution in [-0.4, -0.2) is 44.3 Å². The largest absolute Gasteiger partial charge is 0.354 e. The average Bonchev–Trinajstić information content (AvgIpc) is 2.91. The molecule has 3 rings (SSSR count). The number of carbonyl (C=O) groups is 2. The first kappa shape index (κ1) is 30.2. The summed E-state index contributed by atoms with van der Waals surface area (Å²) >= 11 is 6.36. The molecule has 0 spiro atoms. The minimum absolute atomic E-state index is 0.0466. The normalized spacial score (nSPS) is 12.2. The van der Waals surface area contributed by atoms with Crippen LogP contribution in [0.2, 0.25) is 5.02 Å². The Bertz CT molecular complexity index is 1410. The van der Waals surface area contributed by atoms with E-state index in [0.29, 0.717) is 22.8 Å². The summed E-state index contributed by atoms with van der Waals surface area (Å²) in [6.45, 7) is 9.38. The molecule has 0 bridgehead atoms. The van der Waals surface area contributed by atoms with Crippen molar-refractivity contribution in [2.75, 3.05) is 17.4 Å². The van der Waals surface area contributed by atoms with Crippen molar-refractivity contribution < 1.29 is 18.0 Å². The van der Waals surface area contributed by atoms with Crippen molar-refractivity contribution in [2.45, 2.75) is 52.1 Å². The van der Waals surface area contributed by atoms with Crippen LogP contribution in [0.3, 0.4) is 0 Å². The zero-order valence-corrected chi connectivity index (χ0v) is 24.6. The number of anilines is 1. The molecule has 0 radical (unpaired) electrons. The van der Waals surface area contributed by atoms with Gasteiger partial charge in [-0.3, -0.25) is 13.9 Å². The zero-order chi connectivity index (χ0) is 28.7. The van der Waals surface area contributed by atoms with Gasteiger partial charge in [0.2, 0.25) is 11.8 Å². The lowest BCUT2D eigenvalue weighted by Gasteiger charge is -2.33. The van der Waals surface area contributed by atoms with Crippen molar-refractivity contribution in [1.29, 1.82) is 0 Å². The van der Waals surface area contributed by atoms with Crippen LogP contribution in [0.1, 0.15) is 37.5 Å². The third-order valence-corrected chi connectivity index (χ3v) is 8.76. The number of amides is 2. The van der Waals surface area contributed by atoms with E-state index in [1.807, 2.05) is 45.0 Å². The molecule has 0 fully saturated rings. The molecular weight excluding hydrogens is 534 g/mol. The lowest BCUT2D eigenvalue weighted by atomic mass is 10.1. The second-order valence-corrected chi connectivity index (χ2v) is 12.2. The molecule has 9 heteroatoms. The standard InChI is InChI=1S/C30H36ClN3O4S/c1-21(2)18-32-30(36)24(5)33(19-25-13-10-9-12-22(25)3)29(35)20-34(28-17-11-16-27(31)23(28)4)39(37,38)26-14-7-6-8-15-26/h6-17,21,24H,18-20H2,1-5H3,(H,32,36)/t24-/m0/s1. The molecule has 3 aromatic carbocycles. The number of benzene rings is 3. The fourth-order valence-corrected chi connectivity index (χ4v) is 5.77. The second kappa shape index (κ2) is 13.1. The Balaban J connectivity index is 2.05. The van der Waals surface area contributed by atoms with Gasteiger partial charge >= 0.3 is 0 Å². The molecule has 7 nitrogen and oxygen atoms in total. The SMILES string of the molecule is Cc1ccccc1CN(C(=O)CN(c1cccc(Cl)c1C)S(=O)(=O)c1ccccc1)[C@@H](C)C(=O)NCC(C)C. The highest BCUT2D eigenvalue weighted by Gasteiger charge is 2.33. The van der Waals surface area contributed by atoms with Crippen LogP contribution in [0, 0.1) is 19.8 Å². The Hall–Kier alpha value is -3.36. The lowest BCUT2D eigenvalue weighted by molar-refractivity contribution is -0.139. The zero-order valence-electron chi connectivity index (χ0n) is 23.0. The van der Waals surface area contributed by atoms with Crippen molar-refractivity contribution in [1.82, 2.24) is 10.2 Å². The monoisotopic (exact) mass is 569 g/mol. The maximum Gasteiger partial charge on any atom is 0.264 e. The highest BCUT2D eigenvalue weighted by atomic mass is 35.5. The summed E-state index contributed by atoms with van der Waals surface area (Å²) in [6.07, 6.45) is 0. The molecule has 1 N–H and O–H groups in total. The third-order valence-electron chi connectivity index (χ3n) is 6.57. The van der Waals surface area contributed by atoms with Gasteiger partial charge in [0, 0.05) is 18.1 Å². The molecule has 1 atom stereocenters. The molecule has 0 aromatic heterocycles. The maximum absolute atomic E-state index is 14.0. The Morgan fingerprint density at radius 1 is 0.897 bits per heavy atom. The van der Waals surface area contributed by atoms with Crippen LogP contribution in [0.4, 0.5) is 5.69 Å². The van der Waals surface area contributed by atoms with E-state index in [2.05, 4.69) is 5.32 Å². The molecule has 39 heavy (non-hydrogen) atoms. The number of hydrogen-bond donors (Lipinski definition) is 1. The van der Waals surface area contributed by atoms with Crippen molar-refractivity contribution in [3.05, 3.63) is 94.5 Å². The first-order valence-corrected chi connectivity index (χ1v) is 14.7. The van der Waals surface area contributed by atoms with Gasteiger partial charge in [0.15, 0.2) is 0 Å². The summed E-state index contributed by atoms with van der Waals surface area (Å²) in [5.74, 6) is -0.578. The Labute approximate surface area is 236 Å². The summed E-state index contributed by atoms with van der Waals surface area (Å²) < 4.78 is 28.8. The number of rotatable bonds is 11. The molecule has 208 valence electrons. The van der Waals surface area contributed by atoms with Gasteiger partial charge in [0.25, 0.3) is 10.0 Å². The number of carbonyl (C=O) groups excluding carboxylic acids is 2. The molecule has 0 aliphatic rings. The smallest absolute Gasteiger partial charge is 0.264 e. The van der Waals surface area contributed by atoms with Crippen LogP contribution >= 0.6 is 11.6 Å². The molecule has 0 unspecified atom stereocenters. The van der Waals surface area contributed by atoms with E-state index in [-0.39, 0.29) is 23.3 Å². The molecule has 0 aliphatic carbocycles. The van der Waals surface area contributed by atoms with Crippen LogP contribution in [-0.2, 0) is 26.2 Å². The van der Waals surface area contributed by atoms with E-state index < -0.39 is 28.5 Å². The van der Waals surface area contributed by atoms with E-state index in [1.54, 1.807) is 50.2 Å². The van der Waals surface area contributed by atoms with E-state index in [0.717, 1.165) is 15.4 Å². The molecular formula is C30H36ClN3O4S. The van der Waals surface area contributed by atoms with E-state index in [1.165, 1.54) is 17.0 Å². The summed E-state index contributed by atoms with van der Waals surface area (Å²) in [6, 6.07) is 19.7. The van der Waals surface area contributed by atoms with Gasteiger partial charge in [-0.15, -0.1) is 0 Å². The minimum Gasteiger partial charge on any atom is -0.354 e. The van der Waals surface area contributed by atoms with Gasteiger partial charge in [0.1, 0.15) is 12.6 Å². The molecule has 0 saturated carbocycles. The number of hydrogen-bond acceptors (Lipinski definition) is 4. The van der Waals surface area contributed by atoms with Crippen LogP contribution in [0.15, 0.2) is 77.7 Å². The summed E-state index contributed by atoms with van der Waals surface area (Å²) in [5.41, 5.74) is 2.66. The predicted octanol–water partition coefficient (Wildman–Crippen LogP) is 5.34. The average molecular weight is 570 g/mol. The molecule has 3 aromatic rings. The number of sulfonamides is 1. The van der Waals surface area contributed by atoms with Gasteiger partial charge in [-0.05, 0) is 67.6 Å². The van der Waals surface area contributed by atoms with Gasteiger partial charge < -0.3 is 10.2 Å². The van der Waals surface area contributed by atoms with Gasteiger partial charge in [0.05, 0.1) is 10.6 Å². The van der Waals surface area contributed by atoms with Gasteiger partial charge in [-0.2, -0.15) is 0 Å². The lowest BCUT2D eigenvalue weighted by Crippen LogP contribution is -2.51. The van der Waals surface area contributed by atoms with Crippen LogP contribution in [0.5, 0.6) is 0 Å². The Morgan fingerprint density at radius 2 is 1.54 bits per heavy atom. The Morgan fingerprint density at radius 3 is 2.18 bits per heavy atom. The van der Waals surface area contributed by atoms with Crippen LogP contribution in [0.25, 0.3) is 0 Å². The maximum atomic E-state index is 14.0. The summed E-state index contributed by atoms with van der Waals surface area (Å²) in [5, 5.41) is 3.27. The van der Waals surface area contributed by atoms with E-state index >= 15 is 0 Å². The predicted molar refractivity (Wildman–Crippen MR) is 156 cm³/mol. The minimum atomic E-state index is -4.14. The fourth-order valence-electron chi connectivity index (χ4n) is 4.11. The number of nitrogens with one attached hydrogen (secondary N) is 1. The summed E-state index contributed by atoms with van der Waals surface area (Å²) in [4.78, 5) is 28.6. The highest BCUT2D eigenvalue weighted by Crippen LogP contribution is 2.31. The van der Waals surface area contributed by atoms with Crippen molar-refractivity contribution >= 4 is 39.1 Å². The molecule has 0 saturated heterocycles. The molecule has 0 aliphatic heterocycles. The topological polar surface area (TPSA) is 86.8 Å². The fraction of sp³-hybridized carbons (Fsp3) is 0.333. The highest BCUT2D eigenvalue weighted by molar-refractivity contribution is 7.92. The number of aryl methyl sites for hydroxylation is 1. The first-order valence-electron chi connectivity index (χ1n) is 12.9. The van der Waals surface area contributed by atoms with Gasteiger partial charge in [-0.1, -0.05) is 74.0 Å². The first-order chi connectivity index (χ1) is 18.4. The van der Waals surface area contributed by atoms with Gasteiger partial charge in [-0.25, -0.2) is 8.42 Å². The quantitative estimate of drug-likeness (QED) is 0.338. The molecule has 0 heterocycles. The van der Waals surface area contributed by atoms with E-state index in [4.69, 9.17) is 11.6 Å². The third kappa shape index (κ3) is 7.40. The number of nitrogens with zero attached hydrogens (tertiary/aromatic N) is 2. The molecule has 2 amide bonds. The number of halogens is 1. The second-order valence-electron chi connectivity index (χ2n) is 9.97. The van der Waals surface area contributed by atoms with E-state index in [9.17, 15) is 18.0 Å². The van der Waals surface area contributed by atoms with Crippen molar-refractivity contribution in [3.8, 4) is 0 Å². The van der Waals surface area contributed by atoms with Crippen LogP contribution < -0.4 is 9.62 Å². The summed E-state index contributed by atoms with van der Waals surface area (Å²) in [7, 11) is -4.14.